The molecule has 0 spiro atoms. The van der Waals surface area contributed by atoms with Crippen LogP contribution in [0, 0.1) is 13.8 Å². The minimum absolute atomic E-state index is 0.0829. The summed E-state index contributed by atoms with van der Waals surface area (Å²) in [6, 6.07) is 12.7. The number of imide groups is 1. The van der Waals surface area contributed by atoms with Gasteiger partial charge < -0.3 is 10.1 Å². The van der Waals surface area contributed by atoms with Crippen LogP contribution in [0.15, 0.2) is 48.5 Å². The van der Waals surface area contributed by atoms with E-state index in [-0.39, 0.29) is 37.6 Å². The molecule has 3 aromatic rings. The van der Waals surface area contributed by atoms with Crippen LogP contribution in [0.5, 0.6) is 0 Å². The van der Waals surface area contributed by atoms with Gasteiger partial charge in [-0.05, 0) is 36.6 Å². The number of anilines is 1. The van der Waals surface area contributed by atoms with E-state index in [4.69, 9.17) is 51.1 Å². The Kier molecular flexibility index (Phi) is 8.33. The maximum absolute atomic E-state index is 13.4. The number of carbonyl (C=O) groups is 4. The van der Waals surface area contributed by atoms with Gasteiger partial charge in [-0.3, -0.25) is 19.3 Å². The van der Waals surface area contributed by atoms with Crippen molar-refractivity contribution in [3.05, 3.63) is 96.4 Å². The van der Waals surface area contributed by atoms with Crippen molar-refractivity contribution >= 4 is 75.8 Å². The number of rotatable bonds is 7. The van der Waals surface area contributed by atoms with E-state index >= 15 is 0 Å². The third kappa shape index (κ3) is 5.24. The van der Waals surface area contributed by atoms with Crippen molar-refractivity contribution in [3.63, 3.8) is 0 Å². The lowest BCUT2D eigenvalue weighted by Crippen LogP contribution is -2.47. The minimum atomic E-state index is -1.43. The number of hydrogen-bond acceptors (Lipinski definition) is 5. The average Bonchev–Trinajstić information content (AvgIpc) is 3.16. The molecule has 4 rings (SSSR count). The highest BCUT2D eigenvalue weighted by Crippen LogP contribution is 2.45. The third-order valence-corrected chi connectivity index (χ3v) is 8.01. The van der Waals surface area contributed by atoms with Crippen LogP contribution in [0.2, 0.25) is 20.1 Å². The first-order valence-corrected chi connectivity index (χ1v) is 12.8. The molecular weight excluding hydrogens is 574 g/mol. The summed E-state index contributed by atoms with van der Waals surface area (Å²) < 4.78 is 5.28. The van der Waals surface area contributed by atoms with Gasteiger partial charge in [0.1, 0.15) is 6.04 Å². The van der Waals surface area contributed by atoms with Crippen molar-refractivity contribution in [2.75, 3.05) is 11.9 Å². The van der Waals surface area contributed by atoms with Crippen LogP contribution in [0.1, 0.15) is 37.4 Å². The number of aryl methyl sites for hydroxylation is 1. The second kappa shape index (κ2) is 11.3. The molecule has 0 saturated heterocycles. The fourth-order valence-electron chi connectivity index (χ4n) is 4.07. The summed E-state index contributed by atoms with van der Waals surface area (Å²) in [7, 11) is 0. The van der Waals surface area contributed by atoms with Gasteiger partial charge in [0, 0.05) is 12.1 Å². The predicted molar refractivity (Wildman–Crippen MR) is 146 cm³/mol. The number of amides is 3. The van der Waals surface area contributed by atoms with E-state index in [9.17, 15) is 19.2 Å². The number of ether oxygens (including phenoxy) is 1. The molecular formula is C27H20Cl4N2O5. The monoisotopic (exact) mass is 592 g/mol. The number of halogens is 4. The van der Waals surface area contributed by atoms with Gasteiger partial charge in [0.2, 0.25) is 0 Å². The van der Waals surface area contributed by atoms with Gasteiger partial charge >= 0.3 is 5.97 Å². The van der Waals surface area contributed by atoms with Crippen LogP contribution >= 0.6 is 46.4 Å². The molecule has 3 aromatic carbocycles. The summed E-state index contributed by atoms with van der Waals surface area (Å²) in [6.45, 7) is 3.11. The normalized spacial score (nSPS) is 13.4. The van der Waals surface area contributed by atoms with Crippen molar-refractivity contribution in [1.82, 2.24) is 4.90 Å². The molecule has 0 bridgehead atoms. The van der Waals surface area contributed by atoms with Gasteiger partial charge in [0.15, 0.2) is 6.61 Å². The van der Waals surface area contributed by atoms with E-state index in [0.717, 1.165) is 11.1 Å². The zero-order chi connectivity index (χ0) is 27.7. The SMILES string of the molecule is Cc1cccc(NC(=O)COC(=O)C(Cc2ccccc2)N2C(=O)c3c(Cl)c(Cl)c(Cl)c(Cl)c3C2=O)c1C. The smallest absolute Gasteiger partial charge is 0.330 e. The molecule has 1 aliphatic rings. The van der Waals surface area contributed by atoms with Crippen molar-refractivity contribution in [2.45, 2.75) is 26.3 Å². The first kappa shape index (κ1) is 27.9. The van der Waals surface area contributed by atoms with Crippen molar-refractivity contribution in [3.8, 4) is 0 Å². The number of esters is 1. The van der Waals surface area contributed by atoms with Gasteiger partial charge in [0.05, 0.1) is 31.2 Å². The van der Waals surface area contributed by atoms with Crippen LogP contribution in [0.25, 0.3) is 0 Å². The maximum atomic E-state index is 13.4. The van der Waals surface area contributed by atoms with E-state index in [1.807, 2.05) is 19.9 Å². The molecule has 1 aliphatic heterocycles. The molecule has 7 nitrogen and oxygen atoms in total. The Hall–Kier alpha value is -3.10. The quantitative estimate of drug-likeness (QED) is 0.150. The van der Waals surface area contributed by atoms with Gasteiger partial charge in [-0.2, -0.15) is 0 Å². The van der Waals surface area contributed by atoms with E-state index < -0.39 is 36.3 Å². The number of nitrogens with one attached hydrogen (secondary N) is 1. The van der Waals surface area contributed by atoms with Gasteiger partial charge in [0.25, 0.3) is 17.7 Å². The molecule has 1 atom stereocenters. The fraction of sp³-hybridized carbons (Fsp3) is 0.185. The lowest BCUT2D eigenvalue weighted by molar-refractivity contribution is -0.151. The number of carbonyl (C=O) groups excluding carboxylic acids is 4. The molecule has 196 valence electrons. The summed E-state index contributed by atoms with van der Waals surface area (Å²) >= 11 is 24.7. The van der Waals surface area contributed by atoms with E-state index in [1.165, 1.54) is 0 Å². The summed E-state index contributed by atoms with van der Waals surface area (Å²) in [5.74, 6) is -3.32. The molecule has 0 fully saturated rings. The van der Waals surface area contributed by atoms with Gasteiger partial charge in [-0.25, -0.2) is 4.79 Å². The molecule has 1 N–H and O–H groups in total. The highest BCUT2D eigenvalue weighted by Gasteiger charge is 2.47. The van der Waals surface area contributed by atoms with Crippen molar-refractivity contribution in [1.29, 1.82) is 0 Å². The lowest BCUT2D eigenvalue weighted by atomic mass is 10.0. The average molecular weight is 594 g/mol. The Labute approximate surface area is 238 Å². The van der Waals surface area contributed by atoms with E-state index in [1.54, 1.807) is 42.5 Å². The number of hydrogen-bond donors (Lipinski definition) is 1. The van der Waals surface area contributed by atoms with Gasteiger partial charge in [-0.1, -0.05) is 88.9 Å². The van der Waals surface area contributed by atoms with Crippen LogP contribution in [-0.4, -0.2) is 41.2 Å². The number of benzene rings is 3. The molecule has 38 heavy (non-hydrogen) atoms. The Morgan fingerprint density at radius 1 is 0.842 bits per heavy atom. The van der Waals surface area contributed by atoms with E-state index in [0.29, 0.717) is 16.2 Å². The molecule has 0 aliphatic carbocycles. The maximum Gasteiger partial charge on any atom is 0.330 e. The van der Waals surface area contributed by atoms with Crippen LogP contribution in [-0.2, 0) is 20.7 Å². The minimum Gasteiger partial charge on any atom is -0.454 e. The Morgan fingerprint density at radius 3 is 2.00 bits per heavy atom. The summed E-state index contributed by atoms with van der Waals surface area (Å²) in [5, 5.41) is 1.81. The summed E-state index contributed by atoms with van der Waals surface area (Å²) in [4.78, 5) is 53.4. The van der Waals surface area contributed by atoms with Crippen molar-refractivity contribution in [2.24, 2.45) is 0 Å². The standard InChI is InChI=1S/C27H20Cl4N2O5/c1-13-7-6-10-16(14(13)2)32-18(34)12-38-27(37)17(11-15-8-4-3-5-9-15)33-25(35)19-20(26(33)36)22(29)24(31)23(30)21(19)28/h3-10,17H,11-12H2,1-2H3,(H,32,34). The topological polar surface area (TPSA) is 92.8 Å². The second-order valence-electron chi connectivity index (χ2n) is 8.60. The molecule has 1 heterocycles. The van der Waals surface area contributed by atoms with E-state index in [2.05, 4.69) is 5.32 Å². The number of nitrogens with zero attached hydrogens (tertiary/aromatic N) is 1. The third-order valence-electron chi connectivity index (χ3n) is 6.21. The summed E-state index contributed by atoms with van der Waals surface area (Å²) in [5.41, 5.74) is 2.55. The first-order valence-electron chi connectivity index (χ1n) is 11.3. The molecule has 0 saturated carbocycles. The summed E-state index contributed by atoms with van der Waals surface area (Å²) in [6.07, 6.45) is -0.0829. The Morgan fingerprint density at radius 2 is 1.42 bits per heavy atom. The van der Waals surface area contributed by atoms with Crippen LogP contribution in [0.3, 0.4) is 0 Å². The van der Waals surface area contributed by atoms with Gasteiger partial charge in [-0.15, -0.1) is 0 Å². The molecule has 1 unspecified atom stereocenters. The predicted octanol–water partition coefficient (Wildman–Crippen LogP) is 6.31. The second-order valence-corrected chi connectivity index (χ2v) is 10.1. The zero-order valence-corrected chi connectivity index (χ0v) is 23.1. The Bertz CT molecular complexity index is 1430. The Balaban J connectivity index is 1.61. The largest absolute Gasteiger partial charge is 0.454 e. The first-order chi connectivity index (χ1) is 18.0. The fourth-order valence-corrected chi connectivity index (χ4v) is 5.09. The van der Waals surface area contributed by atoms with Crippen LogP contribution in [0.4, 0.5) is 5.69 Å². The lowest BCUT2D eigenvalue weighted by Gasteiger charge is -2.24. The number of fused-ring (bicyclic) bond motifs is 1. The van der Waals surface area contributed by atoms with Crippen molar-refractivity contribution < 1.29 is 23.9 Å². The molecule has 0 aromatic heterocycles. The molecule has 0 radical (unpaired) electrons. The zero-order valence-electron chi connectivity index (χ0n) is 20.1. The highest BCUT2D eigenvalue weighted by atomic mass is 35.5. The molecule has 3 amide bonds. The van der Waals surface area contributed by atoms with Crippen LogP contribution < -0.4 is 5.32 Å². The molecule has 11 heteroatoms. The highest BCUT2D eigenvalue weighted by molar-refractivity contribution is 6.55.